The smallest absolute Gasteiger partial charge is 0.411 e. The van der Waals surface area contributed by atoms with Gasteiger partial charge < -0.3 is 8.83 Å². The van der Waals surface area contributed by atoms with Gasteiger partial charge in [-0.05, 0) is 54.4 Å². The van der Waals surface area contributed by atoms with Crippen molar-refractivity contribution < 1.29 is 35.2 Å². The van der Waals surface area contributed by atoms with E-state index in [0.717, 1.165) is 42.0 Å². The van der Waals surface area contributed by atoms with Gasteiger partial charge in [-0.3, -0.25) is 0 Å². The lowest BCUT2D eigenvalue weighted by atomic mass is 9.72. The van der Waals surface area contributed by atoms with Crippen molar-refractivity contribution in [3.05, 3.63) is 83.2 Å². The molecule has 0 atom stereocenters. The highest BCUT2D eigenvalue weighted by Crippen LogP contribution is 2.56. The Morgan fingerprint density at radius 1 is 0.657 bits per heavy atom. The number of fused-ring (bicyclic) bond motifs is 2. The SMILES string of the molecule is Cc1cccc(-c2nc3cc(C(c4ccc5oc(C)nc5c4)(C(F)(F)F)C(F)(F)F)ccc3o2)c1. The van der Waals surface area contributed by atoms with Crippen LogP contribution in [0.2, 0.25) is 0 Å². The third-order valence-electron chi connectivity index (χ3n) is 5.86. The second kappa shape index (κ2) is 7.59. The second-order valence-electron chi connectivity index (χ2n) is 8.23. The average Bonchev–Trinajstić information content (AvgIpc) is 3.34. The van der Waals surface area contributed by atoms with Crippen molar-refractivity contribution in [2.45, 2.75) is 31.6 Å². The minimum Gasteiger partial charge on any atom is -0.441 e. The summed E-state index contributed by atoms with van der Waals surface area (Å²) >= 11 is 0. The number of aryl methyl sites for hydroxylation is 2. The highest BCUT2D eigenvalue weighted by Gasteiger charge is 2.72. The normalized spacial score (nSPS) is 13.1. The zero-order valence-electron chi connectivity index (χ0n) is 18.3. The number of hydrogen-bond acceptors (Lipinski definition) is 4. The Labute approximate surface area is 194 Å². The lowest BCUT2D eigenvalue weighted by Gasteiger charge is -2.38. The number of oxazole rings is 2. The molecule has 10 heteroatoms. The highest BCUT2D eigenvalue weighted by molar-refractivity contribution is 5.79. The number of halogens is 6. The number of rotatable bonds is 3. The molecule has 0 spiro atoms. The third kappa shape index (κ3) is 3.55. The average molecular weight is 490 g/mol. The van der Waals surface area contributed by atoms with Gasteiger partial charge in [0.05, 0.1) is 0 Å². The van der Waals surface area contributed by atoms with Crippen LogP contribution in [0.4, 0.5) is 26.3 Å². The van der Waals surface area contributed by atoms with E-state index in [0.29, 0.717) is 5.56 Å². The first kappa shape index (κ1) is 22.9. The Hall–Kier alpha value is -3.82. The first-order valence-corrected chi connectivity index (χ1v) is 10.4. The molecule has 180 valence electrons. The van der Waals surface area contributed by atoms with Crippen LogP contribution in [-0.4, -0.2) is 22.3 Å². The fourth-order valence-corrected chi connectivity index (χ4v) is 4.32. The summed E-state index contributed by atoms with van der Waals surface area (Å²) < 4.78 is 98.2. The summed E-state index contributed by atoms with van der Waals surface area (Å²) in [6.45, 7) is 3.28. The van der Waals surface area contributed by atoms with E-state index in [9.17, 15) is 26.3 Å². The van der Waals surface area contributed by atoms with Gasteiger partial charge in [-0.1, -0.05) is 29.8 Å². The summed E-state index contributed by atoms with van der Waals surface area (Å²) in [7, 11) is 0. The zero-order valence-corrected chi connectivity index (χ0v) is 18.3. The molecule has 0 saturated heterocycles. The molecule has 0 saturated carbocycles. The van der Waals surface area contributed by atoms with E-state index in [1.165, 1.54) is 6.92 Å². The monoisotopic (exact) mass is 490 g/mol. The fourth-order valence-electron chi connectivity index (χ4n) is 4.32. The first-order chi connectivity index (χ1) is 16.4. The molecule has 0 aliphatic rings. The van der Waals surface area contributed by atoms with E-state index >= 15 is 0 Å². The van der Waals surface area contributed by atoms with Crippen LogP contribution in [0.1, 0.15) is 22.6 Å². The van der Waals surface area contributed by atoms with Crippen molar-refractivity contribution in [3.8, 4) is 11.5 Å². The van der Waals surface area contributed by atoms with Gasteiger partial charge in [0, 0.05) is 12.5 Å². The summed E-state index contributed by atoms with van der Waals surface area (Å²) in [6.07, 6.45) is -11.5. The zero-order chi connectivity index (χ0) is 25.2. The number of alkyl halides is 6. The molecule has 2 aromatic heterocycles. The molecule has 4 nitrogen and oxygen atoms in total. The number of nitrogens with zero attached hydrogens (tertiary/aromatic N) is 2. The lowest BCUT2D eigenvalue weighted by Crippen LogP contribution is -2.54. The Morgan fingerprint density at radius 3 is 1.80 bits per heavy atom. The minimum atomic E-state index is -5.74. The van der Waals surface area contributed by atoms with Gasteiger partial charge in [0.1, 0.15) is 11.0 Å². The Balaban J connectivity index is 1.76. The van der Waals surface area contributed by atoms with Gasteiger partial charge in [0.2, 0.25) is 11.3 Å². The van der Waals surface area contributed by atoms with Crippen LogP contribution < -0.4 is 0 Å². The molecule has 0 aliphatic carbocycles. The summed E-state index contributed by atoms with van der Waals surface area (Å²) in [4.78, 5) is 8.09. The maximum absolute atomic E-state index is 14.6. The number of hydrogen-bond donors (Lipinski definition) is 0. The minimum absolute atomic E-state index is 0.0612. The van der Waals surface area contributed by atoms with E-state index in [1.807, 2.05) is 13.0 Å². The van der Waals surface area contributed by atoms with Crippen LogP contribution in [0.3, 0.4) is 0 Å². The molecule has 0 amide bonds. The summed E-state index contributed by atoms with van der Waals surface area (Å²) in [5.41, 5.74) is -5.06. The van der Waals surface area contributed by atoms with Crippen molar-refractivity contribution >= 4 is 22.2 Å². The number of aromatic nitrogens is 2. The standard InChI is InChI=1S/C25H16F6N2O2/c1-13-4-3-5-15(10-13)22-33-19-12-17(7-9-21(19)35-22)23(24(26,27)28,25(29,30)31)16-6-8-20-18(11-16)32-14(2)34-20/h3-12H,1-2H3. The maximum atomic E-state index is 14.6. The van der Waals surface area contributed by atoms with E-state index in [2.05, 4.69) is 9.97 Å². The van der Waals surface area contributed by atoms with Crippen LogP contribution >= 0.6 is 0 Å². The summed E-state index contributed by atoms with van der Waals surface area (Å²) in [5, 5.41) is 0. The van der Waals surface area contributed by atoms with Crippen molar-refractivity contribution in [2.24, 2.45) is 0 Å². The third-order valence-corrected chi connectivity index (χ3v) is 5.86. The van der Waals surface area contributed by atoms with Gasteiger partial charge >= 0.3 is 12.4 Å². The molecule has 0 unspecified atom stereocenters. The van der Waals surface area contributed by atoms with Crippen LogP contribution in [0, 0.1) is 13.8 Å². The maximum Gasteiger partial charge on any atom is 0.411 e. The van der Waals surface area contributed by atoms with E-state index in [1.54, 1.807) is 18.2 Å². The first-order valence-electron chi connectivity index (χ1n) is 10.4. The molecular formula is C25H16F6N2O2. The predicted octanol–water partition coefficient (Wildman–Crippen LogP) is 7.66. The van der Waals surface area contributed by atoms with E-state index in [-0.39, 0.29) is 34.0 Å². The predicted molar refractivity (Wildman–Crippen MR) is 116 cm³/mol. The van der Waals surface area contributed by atoms with Crippen molar-refractivity contribution in [1.82, 2.24) is 9.97 Å². The molecular weight excluding hydrogens is 474 g/mol. The van der Waals surface area contributed by atoms with Gasteiger partial charge in [0.15, 0.2) is 17.1 Å². The molecule has 0 aliphatic heterocycles. The largest absolute Gasteiger partial charge is 0.441 e. The summed E-state index contributed by atoms with van der Waals surface area (Å²) in [6, 6.07) is 12.2. The molecule has 3 aromatic carbocycles. The Bertz CT molecular complexity index is 1550. The summed E-state index contributed by atoms with van der Waals surface area (Å²) in [5.74, 6) is 0.208. The molecule has 0 bridgehead atoms. The quantitative estimate of drug-likeness (QED) is 0.244. The van der Waals surface area contributed by atoms with E-state index < -0.39 is 28.9 Å². The number of benzene rings is 3. The molecule has 2 heterocycles. The van der Waals surface area contributed by atoms with Crippen LogP contribution in [-0.2, 0) is 5.41 Å². The molecule has 5 aromatic rings. The topological polar surface area (TPSA) is 52.1 Å². The molecule has 35 heavy (non-hydrogen) atoms. The molecule has 0 radical (unpaired) electrons. The van der Waals surface area contributed by atoms with Crippen LogP contribution in [0.25, 0.3) is 33.7 Å². The van der Waals surface area contributed by atoms with Crippen molar-refractivity contribution in [2.75, 3.05) is 0 Å². The fraction of sp³-hybridized carbons (Fsp3) is 0.200. The molecule has 0 fully saturated rings. The van der Waals surface area contributed by atoms with Crippen molar-refractivity contribution in [1.29, 1.82) is 0 Å². The highest BCUT2D eigenvalue weighted by atomic mass is 19.4. The Morgan fingerprint density at radius 2 is 1.23 bits per heavy atom. The van der Waals surface area contributed by atoms with Crippen LogP contribution in [0.5, 0.6) is 0 Å². The van der Waals surface area contributed by atoms with Gasteiger partial charge in [0.25, 0.3) is 0 Å². The molecule has 5 rings (SSSR count). The van der Waals surface area contributed by atoms with Crippen LogP contribution in [0.15, 0.2) is 69.5 Å². The molecule has 0 N–H and O–H groups in total. The Kier molecular flexibility index (Phi) is 4.98. The van der Waals surface area contributed by atoms with Gasteiger partial charge in [-0.2, -0.15) is 26.3 Å². The van der Waals surface area contributed by atoms with Crippen molar-refractivity contribution in [3.63, 3.8) is 0 Å². The van der Waals surface area contributed by atoms with E-state index in [4.69, 9.17) is 8.83 Å². The lowest BCUT2D eigenvalue weighted by molar-refractivity contribution is -0.288. The van der Waals surface area contributed by atoms with Gasteiger partial charge in [-0.25, -0.2) is 9.97 Å². The van der Waals surface area contributed by atoms with Gasteiger partial charge in [-0.15, -0.1) is 0 Å². The second-order valence-corrected chi connectivity index (χ2v) is 8.23.